The average molecular weight is 323 g/mol. The van der Waals surface area contributed by atoms with Crippen molar-refractivity contribution in [2.75, 3.05) is 12.4 Å². The van der Waals surface area contributed by atoms with Crippen molar-refractivity contribution in [1.82, 2.24) is 0 Å². The van der Waals surface area contributed by atoms with Gasteiger partial charge in [0.05, 0.1) is 17.7 Å². The van der Waals surface area contributed by atoms with E-state index >= 15 is 0 Å². The van der Waals surface area contributed by atoms with Gasteiger partial charge in [-0.1, -0.05) is 30.3 Å². The van der Waals surface area contributed by atoms with Crippen LogP contribution in [-0.4, -0.2) is 12.9 Å². The second-order valence-electron chi connectivity index (χ2n) is 5.22. The van der Waals surface area contributed by atoms with Crippen LogP contribution in [0.5, 0.6) is 5.75 Å². The Kier molecular flexibility index (Phi) is 4.44. The number of benzene rings is 2. The minimum atomic E-state index is 0.0303. The van der Waals surface area contributed by atoms with Crippen molar-refractivity contribution in [3.05, 3.63) is 76.0 Å². The highest BCUT2D eigenvalue weighted by atomic mass is 32.1. The van der Waals surface area contributed by atoms with E-state index in [1.54, 1.807) is 7.11 Å². The lowest BCUT2D eigenvalue weighted by Crippen LogP contribution is -2.02. The number of ketones is 1. The highest BCUT2D eigenvalue weighted by Gasteiger charge is 2.15. The molecule has 4 heteroatoms. The van der Waals surface area contributed by atoms with Gasteiger partial charge in [-0.25, -0.2) is 0 Å². The Morgan fingerprint density at radius 1 is 1.09 bits per heavy atom. The molecule has 0 unspecified atom stereocenters. The van der Waals surface area contributed by atoms with Crippen molar-refractivity contribution < 1.29 is 9.53 Å². The number of ether oxygens (including phenoxy) is 1. The molecule has 3 rings (SSSR count). The van der Waals surface area contributed by atoms with E-state index in [-0.39, 0.29) is 5.78 Å². The van der Waals surface area contributed by atoms with Crippen molar-refractivity contribution in [3.8, 4) is 5.75 Å². The average Bonchev–Trinajstić information content (AvgIpc) is 3.02. The number of methoxy groups -OCH3 is 1. The molecule has 116 valence electrons. The van der Waals surface area contributed by atoms with E-state index in [9.17, 15) is 4.79 Å². The molecule has 0 spiro atoms. The molecule has 0 radical (unpaired) electrons. The number of thiophene rings is 1. The summed E-state index contributed by atoms with van der Waals surface area (Å²) < 4.78 is 5.30. The van der Waals surface area contributed by atoms with Gasteiger partial charge in [0.25, 0.3) is 0 Å². The van der Waals surface area contributed by atoms with Gasteiger partial charge >= 0.3 is 0 Å². The molecule has 0 aliphatic rings. The number of rotatable bonds is 5. The van der Waals surface area contributed by atoms with E-state index in [0.29, 0.717) is 10.4 Å². The Balaban J connectivity index is 1.90. The van der Waals surface area contributed by atoms with Crippen LogP contribution in [0.3, 0.4) is 0 Å². The largest absolute Gasteiger partial charge is 0.497 e. The van der Waals surface area contributed by atoms with Crippen LogP contribution in [0.2, 0.25) is 0 Å². The van der Waals surface area contributed by atoms with Crippen LogP contribution < -0.4 is 10.1 Å². The maximum atomic E-state index is 12.7. The monoisotopic (exact) mass is 323 g/mol. The molecule has 0 aliphatic carbocycles. The summed E-state index contributed by atoms with van der Waals surface area (Å²) in [5.74, 6) is 0.821. The Bertz CT molecular complexity index is 824. The van der Waals surface area contributed by atoms with Gasteiger partial charge in [-0.2, -0.15) is 0 Å². The van der Waals surface area contributed by atoms with E-state index in [4.69, 9.17) is 4.74 Å². The third-order valence-corrected chi connectivity index (χ3v) is 4.39. The summed E-state index contributed by atoms with van der Waals surface area (Å²) in [7, 11) is 1.65. The molecule has 0 saturated carbocycles. The first kappa shape index (κ1) is 15.3. The molecule has 0 aliphatic heterocycles. The minimum absolute atomic E-state index is 0.0303. The Labute approximate surface area is 139 Å². The van der Waals surface area contributed by atoms with Crippen LogP contribution in [0, 0.1) is 6.92 Å². The third-order valence-electron chi connectivity index (χ3n) is 3.47. The Hall–Kier alpha value is -2.59. The maximum absolute atomic E-state index is 12.7. The second kappa shape index (κ2) is 6.67. The van der Waals surface area contributed by atoms with E-state index in [2.05, 4.69) is 5.32 Å². The van der Waals surface area contributed by atoms with Crippen LogP contribution in [0.4, 0.5) is 11.4 Å². The zero-order valence-electron chi connectivity index (χ0n) is 13.0. The number of carbonyl (C=O) groups excluding carboxylic acids is 1. The molecule has 0 fully saturated rings. The van der Waals surface area contributed by atoms with Crippen LogP contribution >= 0.6 is 11.3 Å². The Morgan fingerprint density at radius 2 is 1.87 bits per heavy atom. The molecule has 3 nitrogen and oxygen atoms in total. The lowest BCUT2D eigenvalue weighted by molar-refractivity contribution is 0.104. The normalized spacial score (nSPS) is 10.3. The summed E-state index contributed by atoms with van der Waals surface area (Å²) >= 11 is 1.44. The molecule has 1 aromatic heterocycles. The standard InChI is InChI=1S/C19H17NO2S/c1-13-10-15(12-16(11-13)22-2)20-17-8-9-23-19(17)18(21)14-6-4-3-5-7-14/h3-12,20H,1-2H3. The van der Waals surface area contributed by atoms with Crippen molar-refractivity contribution in [3.63, 3.8) is 0 Å². The summed E-state index contributed by atoms with van der Waals surface area (Å²) in [5, 5.41) is 5.25. The van der Waals surface area contributed by atoms with Gasteiger partial charge in [0.1, 0.15) is 5.75 Å². The zero-order chi connectivity index (χ0) is 16.2. The predicted octanol–water partition coefficient (Wildman–Crippen LogP) is 5.04. The SMILES string of the molecule is COc1cc(C)cc(Nc2ccsc2C(=O)c2ccccc2)c1. The number of carbonyl (C=O) groups is 1. The smallest absolute Gasteiger partial charge is 0.205 e. The van der Waals surface area contributed by atoms with E-state index in [0.717, 1.165) is 22.7 Å². The second-order valence-corrected chi connectivity index (χ2v) is 6.14. The fourth-order valence-electron chi connectivity index (χ4n) is 2.40. The molecule has 0 saturated heterocycles. The van der Waals surface area contributed by atoms with E-state index in [1.807, 2.05) is 66.9 Å². The van der Waals surface area contributed by atoms with Crippen molar-refractivity contribution in [2.45, 2.75) is 6.92 Å². The molecule has 1 heterocycles. The summed E-state index contributed by atoms with van der Waals surface area (Å²) in [6, 6.07) is 17.2. The van der Waals surface area contributed by atoms with E-state index < -0.39 is 0 Å². The van der Waals surface area contributed by atoms with Gasteiger partial charge in [-0.15, -0.1) is 11.3 Å². The molecule has 0 atom stereocenters. The zero-order valence-corrected chi connectivity index (χ0v) is 13.8. The molecular weight excluding hydrogens is 306 g/mol. The number of hydrogen-bond donors (Lipinski definition) is 1. The van der Waals surface area contributed by atoms with Crippen LogP contribution in [0.1, 0.15) is 20.8 Å². The first-order valence-corrected chi connectivity index (χ1v) is 8.15. The van der Waals surface area contributed by atoms with Crippen LogP contribution in [0.15, 0.2) is 60.0 Å². The van der Waals surface area contributed by atoms with Crippen LogP contribution in [0.25, 0.3) is 0 Å². The predicted molar refractivity (Wildman–Crippen MR) is 95.2 cm³/mol. The minimum Gasteiger partial charge on any atom is -0.497 e. The summed E-state index contributed by atoms with van der Waals surface area (Å²) in [4.78, 5) is 13.4. The first-order valence-electron chi connectivity index (χ1n) is 7.27. The fourth-order valence-corrected chi connectivity index (χ4v) is 3.21. The molecule has 2 aromatic carbocycles. The van der Waals surface area contributed by atoms with Crippen molar-refractivity contribution >= 4 is 28.5 Å². The first-order chi connectivity index (χ1) is 11.2. The fraction of sp³-hybridized carbons (Fsp3) is 0.105. The van der Waals surface area contributed by atoms with E-state index in [1.165, 1.54) is 11.3 Å². The van der Waals surface area contributed by atoms with Gasteiger partial charge < -0.3 is 10.1 Å². The number of anilines is 2. The molecule has 0 bridgehead atoms. The molecule has 1 N–H and O–H groups in total. The van der Waals surface area contributed by atoms with Crippen molar-refractivity contribution in [1.29, 1.82) is 0 Å². The van der Waals surface area contributed by atoms with Gasteiger partial charge in [-0.05, 0) is 36.1 Å². The van der Waals surface area contributed by atoms with Gasteiger partial charge in [0, 0.05) is 17.3 Å². The van der Waals surface area contributed by atoms with Gasteiger partial charge in [-0.3, -0.25) is 4.79 Å². The summed E-state index contributed by atoms with van der Waals surface area (Å²) in [6.07, 6.45) is 0. The van der Waals surface area contributed by atoms with Crippen molar-refractivity contribution in [2.24, 2.45) is 0 Å². The molecular formula is C19H17NO2S. The number of nitrogens with one attached hydrogen (secondary N) is 1. The summed E-state index contributed by atoms with van der Waals surface area (Å²) in [5.41, 5.74) is 3.51. The van der Waals surface area contributed by atoms with Gasteiger partial charge in [0.2, 0.25) is 5.78 Å². The Morgan fingerprint density at radius 3 is 2.61 bits per heavy atom. The lowest BCUT2D eigenvalue weighted by Gasteiger charge is -2.10. The summed E-state index contributed by atoms with van der Waals surface area (Å²) in [6.45, 7) is 2.01. The molecule has 0 amide bonds. The quantitative estimate of drug-likeness (QED) is 0.669. The lowest BCUT2D eigenvalue weighted by atomic mass is 10.1. The topological polar surface area (TPSA) is 38.3 Å². The highest BCUT2D eigenvalue weighted by Crippen LogP contribution is 2.30. The number of hydrogen-bond acceptors (Lipinski definition) is 4. The maximum Gasteiger partial charge on any atom is 0.205 e. The molecule has 23 heavy (non-hydrogen) atoms. The highest BCUT2D eigenvalue weighted by molar-refractivity contribution is 7.13. The number of aryl methyl sites for hydroxylation is 1. The third kappa shape index (κ3) is 3.43. The van der Waals surface area contributed by atoms with Gasteiger partial charge in [0.15, 0.2) is 0 Å². The molecule has 3 aromatic rings. The van der Waals surface area contributed by atoms with Crippen LogP contribution in [-0.2, 0) is 0 Å².